The molecule has 39 heavy (non-hydrogen) atoms. The Balaban J connectivity index is 1.45. The minimum atomic E-state index is -2.93. The van der Waals surface area contributed by atoms with Crippen molar-refractivity contribution in [2.45, 2.75) is 51.6 Å². The second-order valence-electron chi connectivity index (χ2n) is 9.75. The number of rotatable bonds is 6. The summed E-state index contributed by atoms with van der Waals surface area (Å²) in [4.78, 5) is 30.6. The Labute approximate surface area is 233 Å². The van der Waals surface area contributed by atoms with Crippen LogP contribution in [0.5, 0.6) is 5.75 Å². The molecule has 206 valence electrons. The van der Waals surface area contributed by atoms with Crippen molar-refractivity contribution in [3.63, 3.8) is 0 Å². The molecule has 0 saturated heterocycles. The van der Waals surface area contributed by atoms with E-state index in [4.69, 9.17) is 23.2 Å². The number of ether oxygens (including phenoxy) is 1. The van der Waals surface area contributed by atoms with Crippen molar-refractivity contribution in [2.75, 3.05) is 13.2 Å². The van der Waals surface area contributed by atoms with Crippen LogP contribution in [-0.2, 0) is 13.0 Å². The zero-order chi connectivity index (χ0) is 28.0. The highest BCUT2D eigenvalue weighted by Crippen LogP contribution is 2.36. The first-order chi connectivity index (χ1) is 18.6. The van der Waals surface area contributed by atoms with Crippen LogP contribution in [0.1, 0.15) is 63.6 Å². The van der Waals surface area contributed by atoms with Gasteiger partial charge >= 0.3 is 6.61 Å². The van der Waals surface area contributed by atoms with Crippen LogP contribution in [0.25, 0.3) is 0 Å². The van der Waals surface area contributed by atoms with Crippen LogP contribution < -0.4 is 4.74 Å². The zero-order valence-corrected chi connectivity index (χ0v) is 22.7. The van der Waals surface area contributed by atoms with Crippen LogP contribution in [0.3, 0.4) is 0 Å². The topological polar surface area (TPSA) is 87.9 Å². The van der Waals surface area contributed by atoms with Gasteiger partial charge in [0.25, 0.3) is 11.8 Å². The molecule has 3 aromatic rings. The van der Waals surface area contributed by atoms with Crippen LogP contribution in [0.15, 0.2) is 42.5 Å². The third kappa shape index (κ3) is 5.08. The molecule has 3 heterocycles. The number of carbonyl (C=O) groups excluding carboxylic acids is 2. The Kier molecular flexibility index (Phi) is 7.54. The van der Waals surface area contributed by atoms with Gasteiger partial charge in [-0.25, -0.2) is 0 Å². The van der Waals surface area contributed by atoms with Crippen molar-refractivity contribution in [3.05, 3.63) is 80.6 Å². The molecule has 1 N–H and O–H groups in total. The third-order valence-electron chi connectivity index (χ3n) is 7.35. The smallest absolute Gasteiger partial charge is 0.387 e. The molecule has 1 aromatic heterocycles. The predicted octanol–water partition coefficient (Wildman–Crippen LogP) is 5.13. The molecular weight excluding hydrogens is 553 g/mol. The normalized spacial score (nSPS) is 19.6. The van der Waals surface area contributed by atoms with E-state index in [2.05, 4.69) is 9.84 Å². The van der Waals surface area contributed by atoms with E-state index < -0.39 is 18.7 Å². The standard InChI is InChI=1S/C27H26Cl2F2N4O4/c1-14-9-23-20(12-33(14)25(37)17-5-8-21(28)22(29)10-17)24-26(38)34(11-18(13-36)35(24)32-23)15(2)16-3-6-19(7-4-16)39-27(30)31/h3-8,10,14-15,18,27,36H,9,11-13H2,1-2H3/t14-,15+,18+/m1/s1. The molecule has 2 aliphatic heterocycles. The average Bonchev–Trinajstić information content (AvgIpc) is 3.28. The lowest BCUT2D eigenvalue weighted by atomic mass is 9.96. The summed E-state index contributed by atoms with van der Waals surface area (Å²) in [7, 11) is 0. The number of aliphatic hydroxyl groups is 1. The van der Waals surface area contributed by atoms with Crippen LogP contribution in [0.2, 0.25) is 10.0 Å². The van der Waals surface area contributed by atoms with E-state index in [1.807, 2.05) is 13.8 Å². The molecule has 0 unspecified atom stereocenters. The second-order valence-corrected chi connectivity index (χ2v) is 10.6. The molecule has 2 aliphatic rings. The molecule has 0 saturated carbocycles. The van der Waals surface area contributed by atoms with Crippen molar-refractivity contribution < 1.29 is 28.2 Å². The van der Waals surface area contributed by atoms with E-state index >= 15 is 0 Å². The van der Waals surface area contributed by atoms with E-state index in [1.54, 1.807) is 38.7 Å². The van der Waals surface area contributed by atoms with Gasteiger partial charge in [-0.05, 0) is 49.7 Å². The van der Waals surface area contributed by atoms with E-state index in [1.165, 1.54) is 18.2 Å². The molecule has 8 nitrogen and oxygen atoms in total. The number of halogens is 4. The van der Waals surface area contributed by atoms with Gasteiger partial charge in [0.2, 0.25) is 0 Å². The van der Waals surface area contributed by atoms with Crippen LogP contribution in [0.4, 0.5) is 8.78 Å². The molecule has 0 radical (unpaired) electrons. The van der Waals surface area contributed by atoms with Gasteiger partial charge in [0.1, 0.15) is 11.4 Å². The number of aromatic nitrogens is 2. The second kappa shape index (κ2) is 10.7. The van der Waals surface area contributed by atoms with Gasteiger partial charge in [0.15, 0.2) is 0 Å². The fraction of sp³-hybridized carbons (Fsp3) is 0.370. The molecule has 2 aromatic carbocycles. The number of benzene rings is 2. The van der Waals surface area contributed by atoms with Gasteiger partial charge in [0.05, 0.1) is 41.0 Å². The maximum Gasteiger partial charge on any atom is 0.387 e. The largest absolute Gasteiger partial charge is 0.435 e. The van der Waals surface area contributed by atoms with Crippen molar-refractivity contribution >= 4 is 35.0 Å². The van der Waals surface area contributed by atoms with Gasteiger partial charge in [-0.15, -0.1) is 0 Å². The van der Waals surface area contributed by atoms with Crippen molar-refractivity contribution in [1.29, 1.82) is 0 Å². The minimum Gasteiger partial charge on any atom is -0.435 e. The number of carbonyl (C=O) groups is 2. The first-order valence-corrected chi connectivity index (χ1v) is 13.2. The molecular formula is C27H26Cl2F2N4O4. The van der Waals surface area contributed by atoms with E-state index in [9.17, 15) is 23.5 Å². The minimum absolute atomic E-state index is 0.0205. The highest BCUT2D eigenvalue weighted by atomic mass is 35.5. The summed E-state index contributed by atoms with van der Waals surface area (Å²) in [6, 6.07) is 9.71. The summed E-state index contributed by atoms with van der Waals surface area (Å²) in [6.07, 6.45) is 0.439. The fourth-order valence-electron chi connectivity index (χ4n) is 5.22. The maximum atomic E-state index is 13.9. The number of nitrogens with zero attached hydrogens (tertiary/aromatic N) is 4. The lowest BCUT2D eigenvalue weighted by molar-refractivity contribution is -0.0498. The maximum absolute atomic E-state index is 13.9. The van der Waals surface area contributed by atoms with Crippen LogP contribution in [-0.4, -0.2) is 62.3 Å². The van der Waals surface area contributed by atoms with Crippen molar-refractivity contribution in [1.82, 2.24) is 19.6 Å². The van der Waals surface area contributed by atoms with E-state index in [-0.39, 0.29) is 48.3 Å². The number of hydrogen-bond acceptors (Lipinski definition) is 5. The first kappa shape index (κ1) is 27.4. The number of alkyl halides is 2. The quantitative estimate of drug-likeness (QED) is 0.438. The average molecular weight is 579 g/mol. The van der Waals surface area contributed by atoms with E-state index in [0.29, 0.717) is 39.5 Å². The summed E-state index contributed by atoms with van der Waals surface area (Å²) < 4.78 is 31.1. The summed E-state index contributed by atoms with van der Waals surface area (Å²) in [5, 5.41) is 15.5. The molecule has 0 aliphatic carbocycles. The monoisotopic (exact) mass is 578 g/mol. The number of amides is 2. The Morgan fingerprint density at radius 3 is 2.54 bits per heavy atom. The summed E-state index contributed by atoms with van der Waals surface area (Å²) in [5.74, 6) is -0.512. The highest BCUT2D eigenvalue weighted by Gasteiger charge is 2.41. The molecule has 3 atom stereocenters. The van der Waals surface area contributed by atoms with Crippen LogP contribution >= 0.6 is 23.2 Å². The van der Waals surface area contributed by atoms with Gasteiger partial charge in [-0.2, -0.15) is 13.9 Å². The first-order valence-electron chi connectivity index (χ1n) is 12.4. The molecule has 12 heteroatoms. The lowest BCUT2D eigenvalue weighted by Crippen LogP contribution is -2.46. The van der Waals surface area contributed by atoms with Gasteiger partial charge in [-0.3, -0.25) is 14.3 Å². The third-order valence-corrected chi connectivity index (χ3v) is 8.09. The van der Waals surface area contributed by atoms with E-state index in [0.717, 1.165) is 0 Å². The zero-order valence-electron chi connectivity index (χ0n) is 21.2. The number of aliphatic hydroxyl groups excluding tert-OH is 1. The molecule has 2 amide bonds. The summed E-state index contributed by atoms with van der Waals surface area (Å²) in [6.45, 7) is 0.942. The molecule has 5 rings (SSSR count). The number of hydrogen-bond donors (Lipinski definition) is 1. The fourth-order valence-corrected chi connectivity index (χ4v) is 5.52. The number of fused-ring (bicyclic) bond motifs is 3. The summed E-state index contributed by atoms with van der Waals surface area (Å²) >= 11 is 12.2. The predicted molar refractivity (Wildman–Crippen MR) is 140 cm³/mol. The Hall–Kier alpha value is -3.21. The van der Waals surface area contributed by atoms with Gasteiger partial charge < -0.3 is 19.6 Å². The molecule has 0 bridgehead atoms. The van der Waals surface area contributed by atoms with Gasteiger partial charge in [-0.1, -0.05) is 35.3 Å². The molecule has 0 spiro atoms. The highest BCUT2D eigenvalue weighted by molar-refractivity contribution is 6.42. The Morgan fingerprint density at radius 2 is 1.90 bits per heavy atom. The van der Waals surface area contributed by atoms with Crippen molar-refractivity contribution in [2.24, 2.45) is 0 Å². The SMILES string of the molecule is C[C@@H]1Cc2nn3c(c2CN1C(=O)c1ccc(Cl)c(Cl)c1)C(=O)N([C@@H](C)c1ccc(OC(F)F)cc1)C[C@H]3CO. The Bertz CT molecular complexity index is 1420. The summed E-state index contributed by atoms with van der Waals surface area (Å²) in [5.41, 5.74) is 2.79. The van der Waals surface area contributed by atoms with Gasteiger partial charge in [0, 0.05) is 30.1 Å². The Morgan fingerprint density at radius 1 is 1.18 bits per heavy atom. The van der Waals surface area contributed by atoms with Crippen molar-refractivity contribution in [3.8, 4) is 5.75 Å². The molecule has 0 fully saturated rings. The lowest BCUT2D eigenvalue weighted by Gasteiger charge is -2.38. The van der Waals surface area contributed by atoms with Crippen LogP contribution in [0, 0.1) is 0 Å².